The summed E-state index contributed by atoms with van der Waals surface area (Å²) < 4.78 is 0. The summed E-state index contributed by atoms with van der Waals surface area (Å²) in [5.41, 5.74) is 0.776. The number of hydrogen-bond acceptors (Lipinski definition) is 1. The van der Waals surface area contributed by atoms with E-state index in [-0.39, 0.29) is 0 Å². The van der Waals surface area contributed by atoms with Crippen LogP contribution in [0.2, 0.25) is 0 Å². The van der Waals surface area contributed by atoms with Gasteiger partial charge in [0, 0.05) is 0 Å². The maximum Gasteiger partial charge on any atom is -0.0203 e. The van der Waals surface area contributed by atoms with Crippen LogP contribution in [0, 0.1) is 0 Å². The smallest absolute Gasteiger partial charge is 0.0203 e. The lowest BCUT2D eigenvalue weighted by atomic mass is 10.6. The lowest BCUT2D eigenvalue weighted by Crippen LogP contribution is -1.73. The Morgan fingerprint density at radius 2 is 1.80 bits per heavy atom. The monoisotopic (exact) mass is 108 g/mol. The quantitative estimate of drug-likeness (QED) is 0.385. The van der Waals surface area contributed by atoms with E-state index in [2.05, 4.69) is 26.1 Å². The van der Waals surface area contributed by atoms with Gasteiger partial charge in [-0.2, -0.15) is 12.2 Å². The highest BCUT2D eigenvalue weighted by atomic mass is 32.7. The van der Waals surface area contributed by atoms with Crippen LogP contribution in [0.3, 0.4) is 0 Å². The van der Waals surface area contributed by atoms with Gasteiger partial charge in [-0.15, -0.1) is 0 Å². The van der Waals surface area contributed by atoms with E-state index < -0.39 is 0 Å². The average molecular weight is 108 g/mol. The largest absolute Gasteiger partial charge is 0.154 e. The molecule has 0 spiro atoms. The summed E-state index contributed by atoms with van der Waals surface area (Å²) in [6, 6.07) is 0. The predicted octanol–water partition coefficient (Wildman–Crippen LogP) is 1.92. The fourth-order valence-corrected chi connectivity index (χ4v) is 0. The van der Waals surface area contributed by atoms with Crippen LogP contribution in [-0.4, -0.2) is 5.66 Å². The molecule has 0 aliphatic heterocycles. The van der Waals surface area contributed by atoms with Crippen molar-refractivity contribution in [2.75, 3.05) is 0 Å². The first kappa shape index (κ1) is 5.78. The molecular formula is C3H9PS. The maximum absolute atomic E-state index is 4.04. The second kappa shape index (κ2) is 2.99. The summed E-state index contributed by atoms with van der Waals surface area (Å²) in [5, 5.41) is 0. The van der Waals surface area contributed by atoms with Gasteiger partial charge in [0.1, 0.15) is 0 Å². The summed E-state index contributed by atoms with van der Waals surface area (Å²) >= 11 is 4.04. The van der Waals surface area contributed by atoms with E-state index in [1.165, 1.54) is 0 Å². The topological polar surface area (TPSA) is 0 Å². The van der Waals surface area contributed by atoms with E-state index in [4.69, 9.17) is 0 Å². The predicted molar refractivity (Wildman–Crippen MR) is 32.4 cm³/mol. The molecule has 0 aromatic carbocycles. The van der Waals surface area contributed by atoms with Crippen molar-refractivity contribution >= 4 is 20.0 Å². The Bertz CT molecular complexity index is 20.9. The van der Waals surface area contributed by atoms with Gasteiger partial charge in [0.2, 0.25) is 0 Å². The zero-order valence-electron chi connectivity index (χ0n) is 3.52. The summed E-state index contributed by atoms with van der Waals surface area (Å²) in [7, 11) is 0.809. The van der Waals surface area contributed by atoms with Gasteiger partial charge in [-0.05, 0) is 5.66 Å². The lowest BCUT2D eigenvalue weighted by Gasteiger charge is -1.90. The summed E-state index contributed by atoms with van der Waals surface area (Å²) in [5.74, 6) is 0. The SMILES string of the molecule is CC(C)PS. The Morgan fingerprint density at radius 3 is 1.80 bits per heavy atom. The highest BCUT2D eigenvalue weighted by molar-refractivity contribution is 8.38. The van der Waals surface area contributed by atoms with Gasteiger partial charge in [0.25, 0.3) is 0 Å². The van der Waals surface area contributed by atoms with Crippen molar-refractivity contribution < 1.29 is 0 Å². The van der Waals surface area contributed by atoms with Gasteiger partial charge in [-0.1, -0.05) is 21.6 Å². The third kappa shape index (κ3) is 4.78. The fraction of sp³-hybridized carbons (Fsp3) is 1.00. The molecule has 1 atom stereocenters. The molecular weight excluding hydrogens is 99.1 g/mol. The summed E-state index contributed by atoms with van der Waals surface area (Å²) in [6.45, 7) is 4.32. The van der Waals surface area contributed by atoms with Gasteiger partial charge in [0.15, 0.2) is 0 Å². The van der Waals surface area contributed by atoms with Crippen LogP contribution in [0.25, 0.3) is 0 Å². The third-order valence-electron chi connectivity index (χ3n) is 0.258. The summed E-state index contributed by atoms with van der Waals surface area (Å²) in [6.07, 6.45) is 0. The zero-order valence-corrected chi connectivity index (χ0v) is 5.42. The minimum atomic E-state index is 0.776. The molecule has 0 rings (SSSR count). The minimum Gasteiger partial charge on any atom is -0.154 e. The molecule has 0 radical (unpaired) electrons. The Morgan fingerprint density at radius 1 is 1.60 bits per heavy atom. The zero-order chi connectivity index (χ0) is 4.28. The number of rotatable bonds is 1. The highest BCUT2D eigenvalue weighted by Crippen LogP contribution is 2.20. The molecule has 1 unspecified atom stereocenters. The molecule has 0 N–H and O–H groups in total. The van der Waals surface area contributed by atoms with Crippen LogP contribution >= 0.6 is 20.0 Å². The molecule has 0 saturated heterocycles. The molecule has 0 fully saturated rings. The molecule has 0 amide bonds. The first-order valence-electron chi connectivity index (χ1n) is 1.67. The van der Waals surface area contributed by atoms with Crippen molar-refractivity contribution in [3.63, 3.8) is 0 Å². The Balaban J connectivity index is 2.54. The minimum absolute atomic E-state index is 0.776. The maximum atomic E-state index is 4.04. The van der Waals surface area contributed by atoms with E-state index in [0.29, 0.717) is 0 Å². The molecule has 0 aliphatic rings. The van der Waals surface area contributed by atoms with Crippen LogP contribution in [0.5, 0.6) is 0 Å². The molecule has 0 bridgehead atoms. The first-order chi connectivity index (χ1) is 2.27. The Labute approximate surface area is 40.3 Å². The fourth-order valence-electron chi connectivity index (χ4n) is 0. The Kier molecular flexibility index (Phi) is 3.46. The lowest BCUT2D eigenvalue weighted by molar-refractivity contribution is 1.11. The van der Waals surface area contributed by atoms with Gasteiger partial charge >= 0.3 is 0 Å². The normalized spacial score (nSPS) is 12.0. The standard InChI is InChI=1S/C3H9PS/c1-3(2)4-5/h3-5H,1-2H3. The van der Waals surface area contributed by atoms with Crippen molar-refractivity contribution in [2.45, 2.75) is 19.5 Å². The van der Waals surface area contributed by atoms with Crippen molar-refractivity contribution in [1.82, 2.24) is 0 Å². The van der Waals surface area contributed by atoms with E-state index in [1.54, 1.807) is 0 Å². The molecule has 0 saturated carbocycles. The molecule has 32 valence electrons. The molecule has 0 aromatic rings. The van der Waals surface area contributed by atoms with Crippen molar-refractivity contribution in [3.05, 3.63) is 0 Å². The third-order valence-corrected chi connectivity index (χ3v) is 2.32. The second-order valence-electron chi connectivity index (χ2n) is 1.28. The van der Waals surface area contributed by atoms with Crippen molar-refractivity contribution in [2.24, 2.45) is 0 Å². The van der Waals surface area contributed by atoms with Crippen LogP contribution in [-0.2, 0) is 0 Å². The van der Waals surface area contributed by atoms with Crippen LogP contribution in [0.4, 0.5) is 0 Å². The number of hydrogen-bond donors (Lipinski definition) is 1. The van der Waals surface area contributed by atoms with Crippen LogP contribution in [0.1, 0.15) is 13.8 Å². The van der Waals surface area contributed by atoms with Gasteiger partial charge < -0.3 is 0 Å². The van der Waals surface area contributed by atoms with Gasteiger partial charge in [-0.3, -0.25) is 0 Å². The molecule has 2 heteroatoms. The van der Waals surface area contributed by atoms with E-state index >= 15 is 0 Å². The Hall–Kier alpha value is 0.780. The molecule has 0 aromatic heterocycles. The van der Waals surface area contributed by atoms with E-state index in [0.717, 1.165) is 13.4 Å². The van der Waals surface area contributed by atoms with Gasteiger partial charge in [0.05, 0.1) is 0 Å². The van der Waals surface area contributed by atoms with E-state index in [9.17, 15) is 0 Å². The average Bonchev–Trinajstić information content (AvgIpc) is 1.38. The van der Waals surface area contributed by atoms with Crippen LogP contribution < -0.4 is 0 Å². The van der Waals surface area contributed by atoms with Gasteiger partial charge in [-0.25, -0.2) is 0 Å². The summed E-state index contributed by atoms with van der Waals surface area (Å²) in [4.78, 5) is 0. The van der Waals surface area contributed by atoms with Crippen molar-refractivity contribution in [3.8, 4) is 0 Å². The molecule has 0 nitrogen and oxygen atoms in total. The van der Waals surface area contributed by atoms with E-state index in [1.807, 2.05) is 0 Å². The molecule has 5 heavy (non-hydrogen) atoms. The van der Waals surface area contributed by atoms with Crippen molar-refractivity contribution in [1.29, 1.82) is 0 Å². The molecule has 0 heterocycles. The number of thiol groups is 1. The first-order valence-corrected chi connectivity index (χ1v) is 4.03. The molecule has 0 aliphatic carbocycles. The highest BCUT2D eigenvalue weighted by Gasteiger charge is 1.80. The van der Waals surface area contributed by atoms with Crippen LogP contribution in [0.15, 0.2) is 0 Å². The second-order valence-corrected chi connectivity index (χ2v) is 3.47.